The number of aryl methyl sites for hydroxylation is 1. The maximum atomic E-state index is 12.9. The first-order chi connectivity index (χ1) is 11.7. The molecule has 0 saturated carbocycles. The van der Waals surface area contributed by atoms with E-state index in [1.54, 1.807) is 0 Å². The van der Waals surface area contributed by atoms with E-state index in [0.717, 1.165) is 22.5 Å². The van der Waals surface area contributed by atoms with Crippen LogP contribution < -0.4 is 5.32 Å². The van der Waals surface area contributed by atoms with E-state index < -0.39 is 31.0 Å². The zero-order valence-corrected chi connectivity index (χ0v) is 16.7. The van der Waals surface area contributed by atoms with Gasteiger partial charge in [0.2, 0.25) is 0 Å². The van der Waals surface area contributed by atoms with E-state index in [9.17, 15) is 16.8 Å². The molecule has 9 heteroatoms. The second-order valence-corrected chi connectivity index (χ2v) is 12.5. The summed E-state index contributed by atoms with van der Waals surface area (Å²) in [7, 11) is -7.17. The quantitative estimate of drug-likeness (QED) is 0.805. The van der Waals surface area contributed by atoms with Gasteiger partial charge in [-0.05, 0) is 24.6 Å². The molecular weight excluding hydrogens is 402 g/mol. The SMILES string of the molecule is Cc1cccc(CN[C@H]2CS(=O)(=O)C[C@@H]2S(=O)(=O)c2ccc(Cl)s2)c1. The van der Waals surface area contributed by atoms with Gasteiger partial charge in [-0.15, -0.1) is 11.3 Å². The van der Waals surface area contributed by atoms with E-state index in [1.165, 1.54) is 12.1 Å². The lowest BCUT2D eigenvalue weighted by Gasteiger charge is -2.19. The van der Waals surface area contributed by atoms with Crippen molar-refractivity contribution in [2.45, 2.75) is 29.0 Å². The summed E-state index contributed by atoms with van der Waals surface area (Å²) in [6.45, 7) is 2.39. The minimum absolute atomic E-state index is 0.113. The lowest BCUT2D eigenvalue weighted by molar-refractivity contribution is 0.527. The maximum absolute atomic E-state index is 12.9. The van der Waals surface area contributed by atoms with Crippen LogP contribution in [0.1, 0.15) is 11.1 Å². The molecule has 1 saturated heterocycles. The highest BCUT2D eigenvalue weighted by Gasteiger charge is 2.46. The van der Waals surface area contributed by atoms with Gasteiger partial charge in [0.15, 0.2) is 19.7 Å². The highest BCUT2D eigenvalue weighted by Crippen LogP contribution is 2.32. The zero-order chi connectivity index (χ0) is 18.2. The summed E-state index contributed by atoms with van der Waals surface area (Å²) in [5.41, 5.74) is 2.08. The Morgan fingerprint density at radius 1 is 1.24 bits per heavy atom. The van der Waals surface area contributed by atoms with Crippen LogP contribution in [0.2, 0.25) is 4.34 Å². The summed E-state index contributed by atoms with van der Waals surface area (Å²) in [6.07, 6.45) is 0. The molecular formula is C16H18ClNO4S3. The molecule has 1 aliphatic heterocycles. The summed E-state index contributed by atoms with van der Waals surface area (Å²) in [5, 5.41) is 2.12. The van der Waals surface area contributed by atoms with Crippen LogP contribution >= 0.6 is 22.9 Å². The van der Waals surface area contributed by atoms with Crippen molar-refractivity contribution in [1.29, 1.82) is 0 Å². The van der Waals surface area contributed by atoms with Crippen molar-refractivity contribution in [3.63, 3.8) is 0 Å². The van der Waals surface area contributed by atoms with Gasteiger partial charge in [0, 0.05) is 12.6 Å². The Bertz CT molecular complexity index is 982. The van der Waals surface area contributed by atoms with Crippen LogP contribution in [0.5, 0.6) is 0 Å². The van der Waals surface area contributed by atoms with Gasteiger partial charge in [-0.25, -0.2) is 16.8 Å². The van der Waals surface area contributed by atoms with E-state index in [0.29, 0.717) is 10.9 Å². The topological polar surface area (TPSA) is 80.3 Å². The van der Waals surface area contributed by atoms with Gasteiger partial charge in [0.1, 0.15) is 4.21 Å². The highest BCUT2D eigenvalue weighted by molar-refractivity contribution is 7.97. The number of rotatable bonds is 5. The number of benzene rings is 1. The van der Waals surface area contributed by atoms with Crippen molar-refractivity contribution >= 4 is 42.6 Å². The molecule has 2 atom stereocenters. The average molecular weight is 420 g/mol. The molecule has 3 rings (SSSR count). The molecule has 0 unspecified atom stereocenters. The summed E-state index contributed by atoms with van der Waals surface area (Å²) in [5.74, 6) is -0.543. The molecule has 0 radical (unpaired) electrons. The number of halogens is 1. The van der Waals surface area contributed by atoms with Gasteiger partial charge in [-0.3, -0.25) is 0 Å². The molecule has 25 heavy (non-hydrogen) atoms. The average Bonchev–Trinajstić information content (AvgIpc) is 3.09. The van der Waals surface area contributed by atoms with Crippen LogP contribution in [-0.2, 0) is 26.2 Å². The van der Waals surface area contributed by atoms with Crippen LogP contribution in [0.3, 0.4) is 0 Å². The lowest BCUT2D eigenvalue weighted by atomic mass is 10.1. The predicted octanol–water partition coefficient (Wildman–Crippen LogP) is 2.44. The molecule has 136 valence electrons. The molecule has 5 nitrogen and oxygen atoms in total. The Balaban J connectivity index is 1.84. The third-order valence-corrected chi connectivity index (χ3v) is 10.1. The van der Waals surface area contributed by atoms with Crippen LogP contribution in [0, 0.1) is 6.92 Å². The number of sulfone groups is 2. The molecule has 1 aromatic heterocycles. The number of hydrogen-bond acceptors (Lipinski definition) is 6. The van der Waals surface area contributed by atoms with Gasteiger partial charge < -0.3 is 5.32 Å². The summed E-state index contributed by atoms with van der Waals surface area (Å²) in [4.78, 5) is 0. The van der Waals surface area contributed by atoms with Crippen molar-refractivity contribution in [3.8, 4) is 0 Å². The minimum Gasteiger partial charge on any atom is -0.308 e. The van der Waals surface area contributed by atoms with Crippen LogP contribution in [0.4, 0.5) is 0 Å². The van der Waals surface area contributed by atoms with Crippen molar-refractivity contribution < 1.29 is 16.8 Å². The van der Waals surface area contributed by atoms with Gasteiger partial charge in [0.05, 0.1) is 21.1 Å². The van der Waals surface area contributed by atoms with Crippen molar-refractivity contribution in [2.75, 3.05) is 11.5 Å². The lowest BCUT2D eigenvalue weighted by Crippen LogP contribution is -2.42. The van der Waals surface area contributed by atoms with Gasteiger partial charge in [-0.2, -0.15) is 0 Å². The van der Waals surface area contributed by atoms with E-state index in [4.69, 9.17) is 11.6 Å². The second kappa shape index (κ2) is 7.00. The van der Waals surface area contributed by atoms with Gasteiger partial charge in [-0.1, -0.05) is 41.4 Å². The van der Waals surface area contributed by atoms with E-state index in [1.807, 2.05) is 31.2 Å². The summed E-state index contributed by atoms with van der Waals surface area (Å²) < 4.78 is 50.3. The Morgan fingerprint density at radius 3 is 2.64 bits per heavy atom. The fourth-order valence-corrected chi connectivity index (χ4v) is 9.41. The normalized spacial score (nSPS) is 23.0. The van der Waals surface area contributed by atoms with Crippen LogP contribution in [0.25, 0.3) is 0 Å². The first-order valence-corrected chi connectivity index (χ1v) is 12.2. The minimum atomic E-state index is -3.76. The third kappa shape index (κ3) is 4.25. The first-order valence-electron chi connectivity index (χ1n) is 7.66. The molecule has 0 spiro atoms. The smallest absolute Gasteiger partial charge is 0.193 e. The Labute approximate surface area is 156 Å². The molecule has 2 aromatic rings. The molecule has 0 amide bonds. The fourth-order valence-electron chi connectivity index (χ4n) is 2.98. The summed E-state index contributed by atoms with van der Waals surface area (Å²) in [6, 6.07) is 10.1. The van der Waals surface area contributed by atoms with Crippen LogP contribution in [0.15, 0.2) is 40.6 Å². The molecule has 1 aliphatic rings. The molecule has 0 bridgehead atoms. The largest absolute Gasteiger partial charge is 0.308 e. The Hall–Kier alpha value is -0.930. The standard InChI is InChI=1S/C16H18ClNO4S3/c1-11-3-2-4-12(7-11)8-18-13-9-24(19,20)10-14(13)25(21,22)16-6-5-15(17)23-16/h2-7,13-14,18H,8-10H2,1H3/t13-,14-/m0/s1. The van der Waals surface area contributed by atoms with Gasteiger partial charge in [0.25, 0.3) is 0 Å². The van der Waals surface area contributed by atoms with Crippen molar-refractivity contribution in [3.05, 3.63) is 51.9 Å². The first kappa shape index (κ1) is 18.8. The number of hydrogen-bond donors (Lipinski definition) is 1. The number of nitrogens with one attached hydrogen (secondary N) is 1. The van der Waals surface area contributed by atoms with Crippen molar-refractivity contribution in [2.24, 2.45) is 0 Å². The zero-order valence-electron chi connectivity index (χ0n) is 13.5. The van der Waals surface area contributed by atoms with E-state index >= 15 is 0 Å². The van der Waals surface area contributed by atoms with E-state index in [-0.39, 0.29) is 15.7 Å². The maximum Gasteiger partial charge on any atom is 0.193 e. The van der Waals surface area contributed by atoms with Crippen LogP contribution in [-0.4, -0.2) is 39.6 Å². The molecule has 1 fully saturated rings. The fraction of sp³-hybridized carbons (Fsp3) is 0.375. The van der Waals surface area contributed by atoms with E-state index in [2.05, 4.69) is 5.32 Å². The molecule has 1 aromatic carbocycles. The number of thiophene rings is 1. The Morgan fingerprint density at radius 2 is 2.00 bits per heavy atom. The van der Waals surface area contributed by atoms with Crippen molar-refractivity contribution in [1.82, 2.24) is 5.32 Å². The monoisotopic (exact) mass is 419 g/mol. The molecule has 2 heterocycles. The van der Waals surface area contributed by atoms with Gasteiger partial charge >= 0.3 is 0 Å². The highest BCUT2D eigenvalue weighted by atomic mass is 35.5. The third-order valence-electron chi connectivity index (χ3n) is 4.18. The molecule has 0 aliphatic carbocycles. The summed E-state index contributed by atoms with van der Waals surface area (Å²) >= 11 is 6.80. The Kier molecular flexibility index (Phi) is 5.28. The predicted molar refractivity (Wildman–Crippen MR) is 101 cm³/mol. The second-order valence-electron chi connectivity index (χ2n) is 6.20. The molecule has 1 N–H and O–H groups in total.